The van der Waals surface area contributed by atoms with Crippen LogP contribution in [0, 0.1) is 20.8 Å². The van der Waals surface area contributed by atoms with Crippen molar-refractivity contribution in [3.63, 3.8) is 0 Å². The number of hydrogen-bond donors (Lipinski definition) is 0. The molecule has 0 aliphatic carbocycles. The molecule has 2 aliphatic rings. The molecule has 234 valence electrons. The third-order valence-electron chi connectivity index (χ3n) is 10.4. The number of benzene rings is 7. The van der Waals surface area contributed by atoms with Crippen molar-refractivity contribution in [2.45, 2.75) is 20.8 Å². The molecule has 49 heavy (non-hydrogen) atoms. The fourth-order valence-corrected chi connectivity index (χ4v) is 13.2. The Morgan fingerprint density at radius 3 is 1.41 bits per heavy atom. The predicted molar refractivity (Wildman–Crippen MR) is 207 cm³/mol. The summed E-state index contributed by atoms with van der Waals surface area (Å²) in [4.78, 5) is 0. The van der Waals surface area contributed by atoms with Crippen LogP contribution in [0.15, 0.2) is 158 Å². The van der Waals surface area contributed by atoms with E-state index < -0.39 is 8.07 Å². The van der Waals surface area contributed by atoms with Crippen molar-refractivity contribution in [1.82, 2.24) is 0 Å². The lowest BCUT2D eigenvalue weighted by Gasteiger charge is -2.37. The van der Waals surface area contributed by atoms with Gasteiger partial charge in [0.2, 0.25) is 0 Å². The number of hydrogen-bond acceptors (Lipinski definition) is 2. The molecule has 7 aromatic rings. The Morgan fingerprint density at radius 1 is 0.469 bits per heavy atom. The van der Waals surface area contributed by atoms with Crippen molar-refractivity contribution >= 4 is 51.9 Å². The molecule has 0 fully saturated rings. The zero-order valence-electron chi connectivity index (χ0n) is 27.9. The van der Waals surface area contributed by atoms with E-state index in [1.54, 1.807) is 0 Å². The monoisotopic (exact) mass is 646 g/mol. The van der Waals surface area contributed by atoms with Crippen LogP contribution < -0.4 is 46.6 Å². The van der Waals surface area contributed by atoms with E-state index in [4.69, 9.17) is 9.47 Å². The molecule has 0 unspecified atom stereocenters. The van der Waals surface area contributed by atoms with Gasteiger partial charge in [0.25, 0.3) is 6.71 Å². The van der Waals surface area contributed by atoms with Crippen LogP contribution in [0.3, 0.4) is 0 Å². The lowest BCUT2D eigenvalue weighted by atomic mass is 9.34. The average molecular weight is 647 g/mol. The normalized spacial score (nSPS) is 12.7. The maximum Gasteiger partial charge on any atom is 0.260 e. The minimum absolute atomic E-state index is 0.0368. The van der Waals surface area contributed by atoms with Crippen LogP contribution in [-0.4, -0.2) is 14.8 Å². The summed E-state index contributed by atoms with van der Waals surface area (Å²) < 4.78 is 13.8. The van der Waals surface area contributed by atoms with E-state index in [9.17, 15) is 0 Å². The van der Waals surface area contributed by atoms with E-state index in [1.165, 1.54) is 42.8 Å². The molecule has 0 spiro atoms. The molecular formula is C45H35BO2Si. The first kappa shape index (κ1) is 29.6. The van der Waals surface area contributed by atoms with E-state index in [0.717, 1.165) is 45.2 Å². The highest BCUT2D eigenvalue weighted by molar-refractivity contribution is 7.20. The Morgan fingerprint density at radius 2 is 0.939 bits per heavy atom. The first-order valence-electron chi connectivity index (χ1n) is 17.0. The fourth-order valence-electron chi connectivity index (χ4n) is 8.25. The first-order chi connectivity index (χ1) is 24.0. The minimum Gasteiger partial charge on any atom is -0.458 e. The molecule has 0 radical (unpaired) electrons. The van der Waals surface area contributed by atoms with Crippen molar-refractivity contribution in [2.24, 2.45) is 0 Å². The van der Waals surface area contributed by atoms with Crippen LogP contribution >= 0.6 is 0 Å². The molecular weight excluding hydrogens is 611 g/mol. The van der Waals surface area contributed by atoms with Crippen LogP contribution in [0.25, 0.3) is 11.1 Å². The molecule has 0 atom stereocenters. The van der Waals surface area contributed by atoms with Gasteiger partial charge in [0.1, 0.15) is 23.0 Å². The molecule has 0 saturated heterocycles. The molecule has 2 aliphatic heterocycles. The molecule has 0 bridgehead atoms. The largest absolute Gasteiger partial charge is 0.458 e. The van der Waals surface area contributed by atoms with Crippen molar-refractivity contribution < 1.29 is 9.47 Å². The second kappa shape index (κ2) is 11.5. The van der Waals surface area contributed by atoms with Gasteiger partial charge < -0.3 is 9.47 Å². The second-order valence-corrected chi connectivity index (χ2v) is 17.2. The Labute approximate surface area is 289 Å². The number of fused-ring (bicyclic) bond motifs is 4. The summed E-state index contributed by atoms with van der Waals surface area (Å²) >= 11 is 0. The topological polar surface area (TPSA) is 18.5 Å². The highest BCUT2D eigenvalue weighted by Crippen LogP contribution is 2.40. The zero-order valence-corrected chi connectivity index (χ0v) is 28.9. The quantitative estimate of drug-likeness (QED) is 0.160. The number of aryl methyl sites for hydroxylation is 3. The summed E-state index contributed by atoms with van der Waals surface area (Å²) in [6.07, 6.45) is 0. The van der Waals surface area contributed by atoms with Crippen molar-refractivity contribution in [3.05, 3.63) is 174 Å². The highest BCUT2D eigenvalue weighted by Gasteiger charge is 2.44. The third-order valence-corrected chi connectivity index (χ3v) is 15.3. The number of ether oxygens (including phenoxy) is 2. The van der Waals surface area contributed by atoms with Crippen LogP contribution in [0.1, 0.15) is 16.7 Å². The molecule has 0 saturated carbocycles. The first-order valence-corrected chi connectivity index (χ1v) is 19.0. The fraction of sp³-hybridized carbons (Fsp3) is 0.0667. The van der Waals surface area contributed by atoms with Crippen LogP contribution in [-0.2, 0) is 0 Å². The molecule has 0 amide bonds. The summed E-state index contributed by atoms with van der Waals surface area (Å²) in [7, 11) is -2.83. The third kappa shape index (κ3) is 4.55. The standard InChI is InChI=1S/C45H35BO2Si/c1-30-25-26-42(49(34-17-7-4-8-18-34,35-19-9-5-10-20-35)36-21-11-6-12-22-36)37(27-30)33-28-40-43-41(29-33)48-45-32(3)16-14-24-39(45)46(43)38-23-13-15-31(2)44(38)47-40/h4-29H,1-3H3. The summed E-state index contributed by atoms with van der Waals surface area (Å²) in [6, 6.07) is 57.9. The van der Waals surface area contributed by atoms with Crippen molar-refractivity contribution in [3.8, 4) is 34.1 Å². The maximum atomic E-state index is 6.90. The second-order valence-electron chi connectivity index (χ2n) is 13.4. The molecule has 0 aromatic heterocycles. The molecule has 2 nitrogen and oxygen atoms in total. The summed E-state index contributed by atoms with van der Waals surface area (Å²) in [5.41, 5.74) is 9.27. The SMILES string of the molecule is Cc1ccc([Si](c2ccccc2)(c2ccccc2)c2ccccc2)c(-c2cc3c4c(c2)Oc2c(C)cccc2B4c2cccc(C)c2O3)c1. The van der Waals surface area contributed by atoms with Gasteiger partial charge in [0.05, 0.1) is 0 Å². The summed E-state index contributed by atoms with van der Waals surface area (Å²) in [5.74, 6) is 3.63. The van der Waals surface area contributed by atoms with Gasteiger partial charge in [0, 0.05) is 5.46 Å². The Kier molecular flexibility index (Phi) is 6.96. The maximum absolute atomic E-state index is 6.90. The van der Waals surface area contributed by atoms with Gasteiger partial charge in [0.15, 0.2) is 8.07 Å². The molecule has 9 rings (SSSR count). The minimum atomic E-state index is -2.83. The van der Waals surface area contributed by atoms with Crippen LogP contribution in [0.4, 0.5) is 0 Å². The van der Waals surface area contributed by atoms with Gasteiger partial charge >= 0.3 is 0 Å². The van der Waals surface area contributed by atoms with Gasteiger partial charge in [-0.15, -0.1) is 0 Å². The Balaban J connectivity index is 1.36. The van der Waals surface area contributed by atoms with Gasteiger partial charge in [-0.25, -0.2) is 0 Å². The van der Waals surface area contributed by atoms with Gasteiger partial charge in [-0.3, -0.25) is 0 Å². The van der Waals surface area contributed by atoms with E-state index >= 15 is 0 Å². The average Bonchev–Trinajstić information content (AvgIpc) is 3.14. The van der Waals surface area contributed by atoms with Crippen LogP contribution in [0.5, 0.6) is 23.0 Å². The molecule has 2 heterocycles. The van der Waals surface area contributed by atoms with Gasteiger partial charge in [-0.2, -0.15) is 0 Å². The van der Waals surface area contributed by atoms with E-state index in [1.807, 2.05) is 0 Å². The van der Waals surface area contributed by atoms with Gasteiger partial charge in [-0.05, 0) is 86.8 Å². The molecule has 7 aromatic carbocycles. The Bertz CT molecular complexity index is 2200. The predicted octanol–water partition coefficient (Wildman–Crippen LogP) is 6.38. The lowest BCUT2D eigenvalue weighted by molar-refractivity contribution is 0.461. The zero-order chi connectivity index (χ0) is 33.1. The molecule has 0 N–H and O–H groups in total. The lowest BCUT2D eigenvalue weighted by Crippen LogP contribution is -2.75. The van der Waals surface area contributed by atoms with Crippen LogP contribution in [0.2, 0.25) is 0 Å². The Hall–Kier alpha value is -5.58. The van der Waals surface area contributed by atoms with E-state index in [-0.39, 0.29) is 6.71 Å². The highest BCUT2D eigenvalue weighted by atomic mass is 28.3. The molecule has 4 heteroatoms. The number of rotatable bonds is 5. The van der Waals surface area contributed by atoms with Crippen molar-refractivity contribution in [2.75, 3.05) is 0 Å². The smallest absolute Gasteiger partial charge is 0.260 e. The van der Waals surface area contributed by atoms with Crippen molar-refractivity contribution in [1.29, 1.82) is 0 Å². The van der Waals surface area contributed by atoms with Gasteiger partial charge in [-0.1, -0.05) is 151 Å². The summed E-state index contributed by atoms with van der Waals surface area (Å²) in [5, 5.41) is 5.38. The number of para-hydroxylation sites is 2. The van der Waals surface area contributed by atoms with E-state index in [2.05, 4.69) is 178 Å². The van der Waals surface area contributed by atoms with E-state index in [0.29, 0.717) is 0 Å². The summed E-state index contributed by atoms with van der Waals surface area (Å²) in [6.45, 7) is 6.51.